The molecule has 10 heteroatoms. The fraction of sp³-hybridized carbons (Fsp3) is 0.524. The number of amides is 2. The molecule has 0 aliphatic heterocycles. The summed E-state index contributed by atoms with van der Waals surface area (Å²) >= 11 is 14.4. The highest BCUT2D eigenvalue weighted by Crippen LogP contribution is 2.33. The first-order valence-electron chi connectivity index (χ1n) is 10.5. The van der Waals surface area contributed by atoms with Gasteiger partial charge in [-0.1, -0.05) is 72.5 Å². The normalized spacial score (nSPS) is 18.5. The van der Waals surface area contributed by atoms with Crippen molar-refractivity contribution in [2.75, 3.05) is 16.4 Å². The zero-order valence-corrected chi connectivity index (χ0v) is 20.5. The molecular weight excluding hydrogens is 475 g/mol. The number of hydrogen-bond donors (Lipinski definition) is 2. The number of benzene rings is 1. The third kappa shape index (κ3) is 7.63. The standard InChI is InChI=1S/C21H26Cl2N4O2S2/c1-2-3-4-13-5-7-14(8-6-13)19(29)25-20-26-27-21(31-20)30-12-18(28)24-15-9-10-16(22)17(23)11-15/h9-11,13-14H,2-8,12H2,1H3,(H,24,28)(H,25,26,29). The first-order chi connectivity index (χ1) is 14.9. The number of thioether (sulfide) groups is 1. The Bertz CT molecular complexity index is 901. The average Bonchev–Trinajstić information content (AvgIpc) is 3.21. The average molecular weight is 502 g/mol. The summed E-state index contributed by atoms with van der Waals surface area (Å²) in [5.41, 5.74) is 0.578. The molecule has 1 aromatic carbocycles. The Hall–Kier alpha value is -1.35. The van der Waals surface area contributed by atoms with Gasteiger partial charge in [-0.25, -0.2) is 0 Å². The van der Waals surface area contributed by atoms with Gasteiger partial charge in [0.1, 0.15) is 0 Å². The molecular formula is C21H26Cl2N4O2S2. The maximum absolute atomic E-state index is 12.6. The number of carbonyl (C=O) groups is 2. The van der Waals surface area contributed by atoms with Gasteiger partial charge in [0.15, 0.2) is 4.34 Å². The summed E-state index contributed by atoms with van der Waals surface area (Å²) in [5.74, 6) is 0.825. The first-order valence-corrected chi connectivity index (χ1v) is 13.0. The van der Waals surface area contributed by atoms with Crippen molar-refractivity contribution in [3.8, 4) is 0 Å². The number of unbranched alkanes of at least 4 members (excludes halogenated alkanes) is 1. The van der Waals surface area contributed by atoms with Crippen LogP contribution < -0.4 is 10.6 Å². The highest BCUT2D eigenvalue weighted by molar-refractivity contribution is 8.01. The second-order valence-electron chi connectivity index (χ2n) is 7.69. The SMILES string of the molecule is CCCCC1CCC(C(=O)Nc2nnc(SCC(=O)Nc3ccc(Cl)c(Cl)c3)s2)CC1. The smallest absolute Gasteiger partial charge is 0.234 e. The Morgan fingerprint density at radius 3 is 2.61 bits per heavy atom. The van der Waals surface area contributed by atoms with Crippen LogP contribution >= 0.6 is 46.3 Å². The van der Waals surface area contributed by atoms with Gasteiger partial charge >= 0.3 is 0 Å². The minimum atomic E-state index is -0.191. The van der Waals surface area contributed by atoms with Gasteiger partial charge in [0, 0.05) is 11.6 Å². The molecule has 1 aromatic heterocycles. The Morgan fingerprint density at radius 2 is 1.90 bits per heavy atom. The largest absolute Gasteiger partial charge is 0.325 e. The van der Waals surface area contributed by atoms with Crippen LogP contribution in [0.1, 0.15) is 51.9 Å². The van der Waals surface area contributed by atoms with Crippen molar-refractivity contribution < 1.29 is 9.59 Å². The molecule has 0 spiro atoms. The molecule has 3 rings (SSSR count). The minimum absolute atomic E-state index is 0.0269. The molecule has 2 amide bonds. The molecule has 1 saturated carbocycles. The van der Waals surface area contributed by atoms with Crippen LogP contribution in [0.3, 0.4) is 0 Å². The Kier molecular flexibility index (Phi) is 9.44. The van der Waals surface area contributed by atoms with E-state index in [4.69, 9.17) is 23.2 Å². The van der Waals surface area contributed by atoms with Crippen LogP contribution in [0, 0.1) is 11.8 Å². The molecule has 1 aliphatic carbocycles. The van der Waals surface area contributed by atoms with E-state index in [2.05, 4.69) is 27.8 Å². The van der Waals surface area contributed by atoms with Crippen molar-refractivity contribution in [3.63, 3.8) is 0 Å². The van der Waals surface area contributed by atoms with Gasteiger partial charge in [0.25, 0.3) is 0 Å². The summed E-state index contributed by atoms with van der Waals surface area (Å²) in [7, 11) is 0. The summed E-state index contributed by atoms with van der Waals surface area (Å²) in [6, 6.07) is 4.92. The van der Waals surface area contributed by atoms with Crippen LogP contribution in [0.25, 0.3) is 0 Å². The quantitative estimate of drug-likeness (QED) is 0.302. The van der Waals surface area contributed by atoms with E-state index in [9.17, 15) is 9.59 Å². The lowest BCUT2D eigenvalue weighted by Crippen LogP contribution is -2.27. The van der Waals surface area contributed by atoms with Gasteiger partial charge in [-0.2, -0.15) is 0 Å². The van der Waals surface area contributed by atoms with Gasteiger partial charge in [-0.15, -0.1) is 10.2 Å². The van der Waals surface area contributed by atoms with Gasteiger partial charge in [-0.3, -0.25) is 9.59 Å². The van der Waals surface area contributed by atoms with E-state index >= 15 is 0 Å². The molecule has 0 saturated heterocycles. The van der Waals surface area contributed by atoms with Crippen molar-refractivity contribution in [1.29, 1.82) is 0 Å². The molecule has 1 fully saturated rings. The molecule has 168 valence electrons. The fourth-order valence-corrected chi connectivity index (χ4v) is 5.48. The predicted molar refractivity (Wildman–Crippen MR) is 129 cm³/mol. The van der Waals surface area contributed by atoms with E-state index in [1.165, 1.54) is 42.4 Å². The van der Waals surface area contributed by atoms with Gasteiger partial charge in [0.05, 0.1) is 15.8 Å². The van der Waals surface area contributed by atoms with Crippen molar-refractivity contribution in [1.82, 2.24) is 10.2 Å². The molecule has 6 nitrogen and oxygen atoms in total. The van der Waals surface area contributed by atoms with Crippen LogP contribution in [0.2, 0.25) is 10.0 Å². The van der Waals surface area contributed by atoms with E-state index in [-0.39, 0.29) is 23.5 Å². The third-order valence-electron chi connectivity index (χ3n) is 5.35. The monoisotopic (exact) mass is 500 g/mol. The van der Waals surface area contributed by atoms with Crippen LogP contribution in [0.4, 0.5) is 10.8 Å². The third-order valence-corrected chi connectivity index (χ3v) is 8.06. The maximum Gasteiger partial charge on any atom is 0.234 e. The number of halogens is 2. The lowest BCUT2D eigenvalue weighted by molar-refractivity contribution is -0.121. The molecule has 31 heavy (non-hydrogen) atoms. The van der Waals surface area contributed by atoms with Gasteiger partial charge in [0.2, 0.25) is 16.9 Å². The van der Waals surface area contributed by atoms with Crippen LogP contribution in [0.15, 0.2) is 22.5 Å². The highest BCUT2D eigenvalue weighted by atomic mass is 35.5. The summed E-state index contributed by atoms with van der Waals surface area (Å²) in [6.45, 7) is 2.22. The lowest BCUT2D eigenvalue weighted by Gasteiger charge is -2.27. The number of rotatable bonds is 9. The molecule has 0 radical (unpaired) electrons. The highest BCUT2D eigenvalue weighted by Gasteiger charge is 2.26. The summed E-state index contributed by atoms with van der Waals surface area (Å²) in [6.07, 6.45) is 7.92. The molecule has 1 aliphatic rings. The topological polar surface area (TPSA) is 84.0 Å². The lowest BCUT2D eigenvalue weighted by atomic mass is 9.79. The number of aromatic nitrogens is 2. The summed E-state index contributed by atoms with van der Waals surface area (Å²) in [5, 5.41) is 15.1. The van der Waals surface area contributed by atoms with E-state index in [1.54, 1.807) is 18.2 Å². The summed E-state index contributed by atoms with van der Waals surface area (Å²) in [4.78, 5) is 24.7. The number of nitrogens with one attached hydrogen (secondary N) is 2. The summed E-state index contributed by atoms with van der Waals surface area (Å²) < 4.78 is 0.628. The molecule has 2 aromatic rings. The molecule has 1 heterocycles. The second-order valence-corrected chi connectivity index (χ2v) is 10.7. The number of carbonyl (C=O) groups excluding carboxylic acids is 2. The molecule has 0 unspecified atom stereocenters. The van der Waals surface area contributed by atoms with E-state index < -0.39 is 0 Å². The Morgan fingerprint density at radius 1 is 1.13 bits per heavy atom. The second kappa shape index (κ2) is 12.0. The van der Waals surface area contributed by atoms with Crippen molar-refractivity contribution in [2.45, 2.75) is 56.2 Å². The predicted octanol–water partition coefficient (Wildman–Crippen LogP) is 6.51. The minimum Gasteiger partial charge on any atom is -0.325 e. The zero-order chi connectivity index (χ0) is 22.2. The van der Waals surface area contributed by atoms with Gasteiger partial charge in [-0.05, 0) is 49.8 Å². The zero-order valence-electron chi connectivity index (χ0n) is 17.3. The molecule has 2 N–H and O–H groups in total. The van der Waals surface area contributed by atoms with Crippen LogP contribution in [0.5, 0.6) is 0 Å². The van der Waals surface area contributed by atoms with E-state index in [0.29, 0.717) is 25.2 Å². The number of anilines is 2. The molecule has 0 atom stereocenters. The molecule has 0 bridgehead atoms. The first kappa shape index (κ1) is 24.3. The number of nitrogens with zero attached hydrogens (tertiary/aromatic N) is 2. The van der Waals surface area contributed by atoms with Crippen molar-refractivity contribution in [3.05, 3.63) is 28.2 Å². The fourth-order valence-electron chi connectivity index (χ4n) is 3.63. The van der Waals surface area contributed by atoms with Crippen LogP contribution in [-0.4, -0.2) is 27.8 Å². The van der Waals surface area contributed by atoms with E-state index in [1.807, 2.05) is 0 Å². The van der Waals surface area contributed by atoms with Crippen molar-refractivity contribution >= 4 is 68.9 Å². The van der Waals surface area contributed by atoms with Crippen molar-refractivity contribution in [2.24, 2.45) is 11.8 Å². The Balaban J connectivity index is 1.41. The maximum atomic E-state index is 12.6. The Labute approximate surface area is 200 Å². The van der Waals surface area contributed by atoms with E-state index in [0.717, 1.165) is 31.6 Å². The number of hydrogen-bond acceptors (Lipinski definition) is 6. The van der Waals surface area contributed by atoms with Crippen LogP contribution in [-0.2, 0) is 9.59 Å². The van der Waals surface area contributed by atoms with Gasteiger partial charge < -0.3 is 10.6 Å².